The fourth-order valence-electron chi connectivity index (χ4n) is 5.86. The lowest BCUT2D eigenvalue weighted by Gasteiger charge is -2.36. The maximum atomic E-state index is 14.7. The summed E-state index contributed by atoms with van der Waals surface area (Å²) < 4.78 is 59.4. The number of halogens is 4. The summed E-state index contributed by atoms with van der Waals surface area (Å²) in [7, 11) is 0. The molecule has 3 aromatic rings. The summed E-state index contributed by atoms with van der Waals surface area (Å²) in [6, 6.07) is 18.0. The largest absolute Gasteiger partial charge is 0.463 e. The molecule has 0 aromatic heterocycles. The molecule has 3 aromatic carbocycles. The van der Waals surface area contributed by atoms with E-state index in [1.807, 2.05) is 4.90 Å². The Morgan fingerprint density at radius 1 is 0.933 bits per heavy atom. The monoisotopic (exact) mass is 623 g/mol. The van der Waals surface area contributed by atoms with Crippen LogP contribution in [0.2, 0.25) is 0 Å². The first-order valence-corrected chi connectivity index (χ1v) is 14.7. The van der Waals surface area contributed by atoms with Crippen molar-refractivity contribution >= 4 is 23.5 Å². The number of rotatable bonds is 7. The van der Waals surface area contributed by atoms with Crippen molar-refractivity contribution in [3.8, 4) is 0 Å². The van der Waals surface area contributed by atoms with E-state index in [1.165, 1.54) is 17.0 Å². The minimum atomic E-state index is -4.43. The molecule has 0 radical (unpaired) electrons. The average molecular weight is 624 g/mol. The van der Waals surface area contributed by atoms with Gasteiger partial charge in [-0.15, -0.1) is 0 Å². The van der Waals surface area contributed by atoms with Crippen LogP contribution in [0, 0.1) is 5.82 Å². The zero-order chi connectivity index (χ0) is 32.3. The summed E-state index contributed by atoms with van der Waals surface area (Å²) in [5.41, 5.74) is 1.79. The number of anilines is 1. The van der Waals surface area contributed by atoms with Gasteiger partial charge in [-0.2, -0.15) is 13.2 Å². The van der Waals surface area contributed by atoms with Crippen LogP contribution in [0.25, 0.3) is 0 Å². The highest BCUT2D eigenvalue weighted by atomic mass is 19.4. The number of hydrogen-bond donors (Lipinski definition) is 0. The first-order chi connectivity index (χ1) is 21.5. The number of carbonyl (C=O) groups is 3. The molecule has 236 valence electrons. The van der Waals surface area contributed by atoms with Crippen molar-refractivity contribution in [3.63, 3.8) is 0 Å². The first-order valence-electron chi connectivity index (χ1n) is 14.7. The third-order valence-corrected chi connectivity index (χ3v) is 8.25. The standard InChI is InChI=1S/C34H33F4N3O4/c1-3-45-33(44)31-22(2)41(30(42)20-28(31)27-9-4-5-10-29(27)35)21-23-11-13-24(14-12-23)32(43)40-17-15-39(16-18-40)26-8-6-7-25(19-26)34(36,37)38/h4-14,19,28H,3,15-18,20-21H2,1-2H3. The topological polar surface area (TPSA) is 70.2 Å². The molecule has 45 heavy (non-hydrogen) atoms. The van der Waals surface area contributed by atoms with Crippen LogP contribution in [0.3, 0.4) is 0 Å². The van der Waals surface area contributed by atoms with Gasteiger partial charge in [0.05, 0.1) is 24.3 Å². The fourth-order valence-corrected chi connectivity index (χ4v) is 5.86. The average Bonchev–Trinajstić information content (AvgIpc) is 3.03. The van der Waals surface area contributed by atoms with Crippen molar-refractivity contribution in [1.29, 1.82) is 0 Å². The number of allylic oxidation sites excluding steroid dienone is 1. The minimum Gasteiger partial charge on any atom is -0.463 e. The van der Waals surface area contributed by atoms with Crippen LogP contribution >= 0.6 is 0 Å². The number of esters is 1. The Bertz CT molecular complexity index is 1610. The van der Waals surface area contributed by atoms with E-state index in [-0.39, 0.29) is 42.5 Å². The van der Waals surface area contributed by atoms with Crippen molar-refractivity contribution in [2.24, 2.45) is 0 Å². The summed E-state index contributed by atoms with van der Waals surface area (Å²) >= 11 is 0. The Hall–Kier alpha value is -4.67. The maximum Gasteiger partial charge on any atom is 0.416 e. The second-order valence-corrected chi connectivity index (χ2v) is 11.0. The van der Waals surface area contributed by atoms with E-state index in [2.05, 4.69) is 0 Å². The Morgan fingerprint density at radius 3 is 2.27 bits per heavy atom. The number of amides is 2. The van der Waals surface area contributed by atoms with Gasteiger partial charge in [-0.25, -0.2) is 9.18 Å². The molecule has 11 heteroatoms. The lowest BCUT2D eigenvalue weighted by atomic mass is 9.83. The maximum absolute atomic E-state index is 14.7. The second-order valence-electron chi connectivity index (χ2n) is 11.0. The van der Waals surface area contributed by atoms with Gasteiger partial charge >= 0.3 is 12.1 Å². The molecule has 2 amide bonds. The number of carbonyl (C=O) groups excluding carboxylic acids is 3. The molecule has 1 saturated heterocycles. The molecule has 7 nitrogen and oxygen atoms in total. The van der Waals surface area contributed by atoms with E-state index < -0.39 is 29.4 Å². The number of nitrogens with zero attached hydrogens (tertiary/aromatic N) is 3. The molecule has 0 N–H and O–H groups in total. The van der Waals surface area contributed by atoms with Crippen LogP contribution in [0.5, 0.6) is 0 Å². The second kappa shape index (κ2) is 13.1. The quantitative estimate of drug-likeness (QED) is 0.233. The van der Waals surface area contributed by atoms with E-state index in [1.54, 1.807) is 67.3 Å². The molecule has 1 unspecified atom stereocenters. The molecule has 0 bridgehead atoms. The Labute approximate surface area is 258 Å². The molecule has 0 saturated carbocycles. The summed E-state index contributed by atoms with van der Waals surface area (Å²) in [5, 5.41) is 0. The molecule has 5 rings (SSSR count). The van der Waals surface area contributed by atoms with Gasteiger partial charge in [0, 0.05) is 55.5 Å². The molecule has 1 atom stereocenters. The summed E-state index contributed by atoms with van der Waals surface area (Å²) in [5.74, 6) is -2.35. The Kier molecular flexibility index (Phi) is 9.27. The van der Waals surface area contributed by atoms with Gasteiger partial charge in [0.2, 0.25) is 5.91 Å². The molecule has 0 spiro atoms. The molecular weight excluding hydrogens is 590 g/mol. The number of piperazine rings is 1. The van der Waals surface area contributed by atoms with Crippen molar-refractivity contribution in [1.82, 2.24) is 9.80 Å². The zero-order valence-electron chi connectivity index (χ0n) is 24.9. The van der Waals surface area contributed by atoms with E-state index in [0.717, 1.165) is 17.7 Å². The summed E-state index contributed by atoms with van der Waals surface area (Å²) in [6.07, 6.45) is -4.53. The van der Waals surface area contributed by atoms with Gasteiger partial charge in [-0.3, -0.25) is 9.59 Å². The van der Waals surface area contributed by atoms with E-state index in [9.17, 15) is 31.9 Å². The zero-order valence-corrected chi connectivity index (χ0v) is 24.9. The minimum absolute atomic E-state index is 0.102. The highest BCUT2D eigenvalue weighted by Gasteiger charge is 2.38. The van der Waals surface area contributed by atoms with Crippen LogP contribution in [0.1, 0.15) is 53.2 Å². The fraction of sp³-hybridized carbons (Fsp3) is 0.324. The third-order valence-electron chi connectivity index (χ3n) is 8.25. The molecule has 2 heterocycles. The van der Waals surface area contributed by atoms with Crippen LogP contribution in [-0.4, -0.2) is 60.4 Å². The van der Waals surface area contributed by atoms with E-state index in [4.69, 9.17) is 4.74 Å². The summed E-state index contributed by atoms with van der Waals surface area (Å²) in [6.45, 7) is 5.08. The predicted octanol–water partition coefficient (Wildman–Crippen LogP) is 6.16. The lowest BCUT2D eigenvalue weighted by molar-refractivity contribution is -0.140. The first kappa shape index (κ1) is 31.7. The highest BCUT2D eigenvalue weighted by Crippen LogP contribution is 2.39. The SMILES string of the molecule is CCOC(=O)C1=C(C)N(Cc2ccc(C(=O)N3CCN(c4cccc(C(F)(F)F)c4)CC3)cc2)C(=O)CC1c1ccccc1F. The van der Waals surface area contributed by atoms with Crippen LogP contribution in [-0.2, 0) is 27.0 Å². The Morgan fingerprint density at radius 2 is 1.62 bits per heavy atom. The number of benzene rings is 3. The number of hydrogen-bond acceptors (Lipinski definition) is 5. The highest BCUT2D eigenvalue weighted by molar-refractivity contribution is 5.96. The molecular formula is C34H33F4N3O4. The van der Waals surface area contributed by atoms with Gasteiger partial charge in [0.25, 0.3) is 5.91 Å². The van der Waals surface area contributed by atoms with Crippen molar-refractivity contribution in [3.05, 3.63) is 112 Å². The Balaban J connectivity index is 1.27. The molecule has 2 aliphatic rings. The smallest absolute Gasteiger partial charge is 0.416 e. The van der Waals surface area contributed by atoms with Gasteiger partial charge in [-0.1, -0.05) is 36.4 Å². The molecule has 1 fully saturated rings. The van der Waals surface area contributed by atoms with Gasteiger partial charge in [0.1, 0.15) is 5.82 Å². The third kappa shape index (κ3) is 6.87. The van der Waals surface area contributed by atoms with Crippen LogP contribution in [0.15, 0.2) is 84.1 Å². The molecule has 0 aliphatic carbocycles. The summed E-state index contributed by atoms with van der Waals surface area (Å²) in [4.78, 5) is 44.5. The lowest BCUT2D eigenvalue weighted by Crippen LogP contribution is -2.48. The van der Waals surface area contributed by atoms with Crippen LogP contribution < -0.4 is 4.90 Å². The number of alkyl halides is 3. The normalized spacial score (nSPS) is 17.5. The van der Waals surface area contributed by atoms with Gasteiger partial charge in [-0.05, 0) is 61.4 Å². The van der Waals surface area contributed by atoms with Crippen LogP contribution in [0.4, 0.5) is 23.2 Å². The van der Waals surface area contributed by atoms with Crippen molar-refractivity contribution in [2.45, 2.75) is 38.9 Å². The molecule has 2 aliphatic heterocycles. The van der Waals surface area contributed by atoms with Crippen molar-refractivity contribution in [2.75, 3.05) is 37.7 Å². The van der Waals surface area contributed by atoms with E-state index >= 15 is 0 Å². The van der Waals surface area contributed by atoms with E-state index in [0.29, 0.717) is 43.1 Å². The number of ether oxygens (including phenoxy) is 1. The van der Waals surface area contributed by atoms with Crippen molar-refractivity contribution < 1.29 is 36.7 Å². The van der Waals surface area contributed by atoms with Gasteiger partial charge in [0.15, 0.2) is 0 Å². The van der Waals surface area contributed by atoms with Gasteiger partial charge < -0.3 is 19.4 Å². The predicted molar refractivity (Wildman–Crippen MR) is 160 cm³/mol.